The van der Waals surface area contributed by atoms with Crippen LogP contribution in [-0.2, 0) is 0 Å². The normalized spacial score (nSPS) is 10.6. The predicted molar refractivity (Wildman–Crippen MR) is 52.2 cm³/mol. The molecule has 13 heavy (non-hydrogen) atoms. The first kappa shape index (κ1) is 8.66. The summed E-state index contributed by atoms with van der Waals surface area (Å²) in [7, 11) is 0. The Morgan fingerprint density at radius 2 is 2.15 bits per heavy atom. The van der Waals surface area contributed by atoms with E-state index >= 15 is 0 Å². The number of carbonyl (C=O) groups is 1. The summed E-state index contributed by atoms with van der Waals surface area (Å²) in [6.45, 7) is 0. The third kappa shape index (κ3) is 1.45. The molecule has 0 atom stereocenters. The second kappa shape index (κ2) is 3.09. The molecule has 0 saturated heterocycles. The first-order chi connectivity index (χ1) is 6.20. The van der Waals surface area contributed by atoms with Crippen LogP contribution < -0.4 is 0 Å². The zero-order valence-corrected chi connectivity index (χ0v) is 7.95. The fourth-order valence-electron chi connectivity index (χ4n) is 1.17. The molecular weight excluding hydrogens is 211 g/mol. The zero-order chi connectivity index (χ0) is 9.42. The summed E-state index contributed by atoms with van der Waals surface area (Å²) in [5.41, 5.74) is 0.468. The van der Waals surface area contributed by atoms with Crippen molar-refractivity contribution in [2.45, 2.75) is 0 Å². The maximum Gasteiger partial charge on any atom is 0.177 e. The predicted octanol–water partition coefficient (Wildman–Crippen LogP) is 3.51. The SMILES string of the molecule is O=Cc1cc(Cl)c2sc(F)cc2c1. The van der Waals surface area contributed by atoms with Crippen molar-refractivity contribution in [1.82, 2.24) is 0 Å². The molecule has 0 aliphatic carbocycles. The fourth-order valence-corrected chi connectivity index (χ4v) is 2.29. The molecule has 0 N–H and O–H groups in total. The van der Waals surface area contributed by atoms with Gasteiger partial charge in [0.2, 0.25) is 0 Å². The van der Waals surface area contributed by atoms with Crippen molar-refractivity contribution < 1.29 is 9.18 Å². The van der Waals surface area contributed by atoms with Gasteiger partial charge in [0.25, 0.3) is 0 Å². The van der Waals surface area contributed by atoms with Gasteiger partial charge in [-0.3, -0.25) is 4.79 Å². The molecule has 0 amide bonds. The topological polar surface area (TPSA) is 17.1 Å². The lowest BCUT2D eigenvalue weighted by Gasteiger charge is -1.94. The van der Waals surface area contributed by atoms with Crippen molar-refractivity contribution in [1.29, 1.82) is 0 Å². The zero-order valence-electron chi connectivity index (χ0n) is 6.38. The summed E-state index contributed by atoms with van der Waals surface area (Å²) in [5, 5.41) is 0.811. The number of rotatable bonds is 1. The Hall–Kier alpha value is -0.930. The summed E-state index contributed by atoms with van der Waals surface area (Å²) in [6, 6.07) is 4.53. The molecule has 66 valence electrons. The van der Waals surface area contributed by atoms with Gasteiger partial charge in [0.15, 0.2) is 5.13 Å². The van der Waals surface area contributed by atoms with Crippen LogP contribution in [0.25, 0.3) is 10.1 Å². The molecule has 1 nitrogen and oxygen atoms in total. The third-order valence-electron chi connectivity index (χ3n) is 1.70. The van der Waals surface area contributed by atoms with Gasteiger partial charge in [-0.25, -0.2) is 0 Å². The Labute approximate surface area is 82.7 Å². The van der Waals surface area contributed by atoms with E-state index in [9.17, 15) is 9.18 Å². The van der Waals surface area contributed by atoms with Crippen LogP contribution in [0.1, 0.15) is 10.4 Å². The number of thiophene rings is 1. The van der Waals surface area contributed by atoms with E-state index in [1.54, 1.807) is 6.07 Å². The van der Waals surface area contributed by atoms with Crippen LogP contribution in [0, 0.1) is 5.13 Å². The van der Waals surface area contributed by atoms with Crippen molar-refractivity contribution in [3.63, 3.8) is 0 Å². The van der Waals surface area contributed by atoms with Crippen LogP contribution in [0.2, 0.25) is 5.02 Å². The lowest BCUT2D eigenvalue weighted by Crippen LogP contribution is -1.77. The van der Waals surface area contributed by atoms with Gasteiger partial charge in [-0.15, -0.1) is 11.3 Å². The molecule has 0 aliphatic rings. The van der Waals surface area contributed by atoms with E-state index in [4.69, 9.17) is 11.6 Å². The van der Waals surface area contributed by atoms with E-state index in [1.165, 1.54) is 12.1 Å². The Morgan fingerprint density at radius 1 is 1.38 bits per heavy atom. The lowest BCUT2D eigenvalue weighted by molar-refractivity contribution is 0.112. The van der Waals surface area contributed by atoms with Gasteiger partial charge in [0.05, 0.1) is 9.72 Å². The number of aldehydes is 1. The van der Waals surface area contributed by atoms with Gasteiger partial charge in [0, 0.05) is 5.56 Å². The largest absolute Gasteiger partial charge is 0.298 e. The maximum atomic E-state index is 12.8. The van der Waals surface area contributed by atoms with E-state index < -0.39 is 0 Å². The third-order valence-corrected chi connectivity index (χ3v) is 3.08. The Kier molecular flexibility index (Phi) is 2.06. The molecule has 0 saturated carbocycles. The van der Waals surface area contributed by atoms with Crippen molar-refractivity contribution in [3.05, 3.63) is 33.9 Å². The highest BCUT2D eigenvalue weighted by molar-refractivity contribution is 7.18. The monoisotopic (exact) mass is 214 g/mol. The number of hydrogen-bond donors (Lipinski definition) is 0. The maximum absolute atomic E-state index is 12.8. The Morgan fingerprint density at radius 3 is 2.85 bits per heavy atom. The summed E-state index contributed by atoms with van der Waals surface area (Å²) in [5.74, 6) is 0. The quantitative estimate of drug-likeness (QED) is 0.664. The van der Waals surface area contributed by atoms with E-state index in [1.807, 2.05) is 0 Å². The van der Waals surface area contributed by atoms with Crippen molar-refractivity contribution in [2.75, 3.05) is 0 Å². The van der Waals surface area contributed by atoms with Gasteiger partial charge < -0.3 is 0 Å². The van der Waals surface area contributed by atoms with E-state index in [-0.39, 0.29) is 5.13 Å². The highest BCUT2D eigenvalue weighted by atomic mass is 35.5. The average molecular weight is 215 g/mol. The van der Waals surface area contributed by atoms with Crippen molar-refractivity contribution >= 4 is 39.3 Å². The number of fused-ring (bicyclic) bond motifs is 1. The van der Waals surface area contributed by atoms with Crippen LogP contribution in [0.3, 0.4) is 0 Å². The molecule has 0 bridgehead atoms. The molecule has 0 fully saturated rings. The van der Waals surface area contributed by atoms with Crippen LogP contribution in [0.15, 0.2) is 18.2 Å². The fraction of sp³-hybridized carbons (Fsp3) is 0. The first-order valence-electron chi connectivity index (χ1n) is 3.54. The van der Waals surface area contributed by atoms with Gasteiger partial charge >= 0.3 is 0 Å². The van der Waals surface area contributed by atoms with Gasteiger partial charge in [0.1, 0.15) is 6.29 Å². The second-order valence-electron chi connectivity index (χ2n) is 2.59. The summed E-state index contributed by atoms with van der Waals surface area (Å²) < 4.78 is 13.5. The molecule has 2 rings (SSSR count). The minimum atomic E-state index is -0.292. The Balaban J connectivity index is 2.82. The number of carbonyl (C=O) groups excluding carboxylic acids is 1. The summed E-state index contributed by atoms with van der Waals surface area (Å²) in [4.78, 5) is 10.5. The number of halogens is 2. The van der Waals surface area contributed by atoms with Crippen molar-refractivity contribution in [2.24, 2.45) is 0 Å². The van der Waals surface area contributed by atoms with Gasteiger partial charge in [-0.2, -0.15) is 4.39 Å². The molecule has 4 heteroatoms. The number of benzene rings is 1. The summed E-state index contributed by atoms with van der Waals surface area (Å²) >= 11 is 6.82. The minimum Gasteiger partial charge on any atom is -0.298 e. The Bertz CT molecular complexity index is 478. The highest BCUT2D eigenvalue weighted by Gasteiger charge is 2.06. The van der Waals surface area contributed by atoms with Crippen LogP contribution in [-0.4, -0.2) is 6.29 Å². The second-order valence-corrected chi connectivity index (χ2v) is 4.00. The van der Waals surface area contributed by atoms with Gasteiger partial charge in [-0.1, -0.05) is 11.6 Å². The minimum absolute atomic E-state index is 0.292. The molecule has 0 aliphatic heterocycles. The van der Waals surface area contributed by atoms with Crippen LogP contribution in [0.4, 0.5) is 4.39 Å². The molecule has 0 radical (unpaired) electrons. The smallest absolute Gasteiger partial charge is 0.177 e. The molecule has 1 aromatic heterocycles. The van der Waals surface area contributed by atoms with E-state index in [0.29, 0.717) is 27.0 Å². The standard InChI is InChI=1S/C9H4ClFOS/c10-7-2-5(4-12)1-6-3-8(11)13-9(6)7/h1-4H. The van der Waals surface area contributed by atoms with E-state index in [0.717, 1.165) is 11.3 Å². The van der Waals surface area contributed by atoms with E-state index in [2.05, 4.69) is 0 Å². The average Bonchev–Trinajstić information content (AvgIpc) is 2.46. The number of hydrogen-bond acceptors (Lipinski definition) is 2. The van der Waals surface area contributed by atoms with Crippen LogP contribution >= 0.6 is 22.9 Å². The molecular formula is C9H4ClFOS. The molecule has 0 unspecified atom stereocenters. The van der Waals surface area contributed by atoms with Gasteiger partial charge in [-0.05, 0) is 23.6 Å². The first-order valence-corrected chi connectivity index (χ1v) is 4.74. The molecule has 1 aromatic carbocycles. The lowest BCUT2D eigenvalue weighted by atomic mass is 10.2. The van der Waals surface area contributed by atoms with Crippen molar-refractivity contribution in [3.8, 4) is 0 Å². The molecule has 2 aromatic rings. The molecule has 1 heterocycles. The molecule has 0 spiro atoms. The highest BCUT2D eigenvalue weighted by Crippen LogP contribution is 2.31. The van der Waals surface area contributed by atoms with Crippen LogP contribution in [0.5, 0.6) is 0 Å². The summed E-state index contributed by atoms with van der Waals surface area (Å²) in [6.07, 6.45) is 0.695.